The van der Waals surface area contributed by atoms with Gasteiger partial charge in [0.25, 0.3) is 0 Å². The van der Waals surface area contributed by atoms with Gasteiger partial charge < -0.3 is 19.6 Å². The Balaban J connectivity index is 1.16. The van der Waals surface area contributed by atoms with Gasteiger partial charge in [0.1, 0.15) is 22.7 Å². The number of aromatic amines is 1. The van der Waals surface area contributed by atoms with Gasteiger partial charge >= 0.3 is 5.63 Å². The van der Waals surface area contributed by atoms with E-state index in [1.54, 1.807) is 6.20 Å². The van der Waals surface area contributed by atoms with Crippen molar-refractivity contribution < 1.29 is 8.81 Å². The Kier molecular flexibility index (Phi) is 4.80. The van der Waals surface area contributed by atoms with Crippen LogP contribution in [0.4, 0.5) is 10.2 Å². The summed E-state index contributed by atoms with van der Waals surface area (Å²) < 4.78 is 19.1. The van der Waals surface area contributed by atoms with E-state index in [4.69, 9.17) is 4.42 Å². The van der Waals surface area contributed by atoms with Crippen molar-refractivity contribution in [3.63, 3.8) is 0 Å². The molecular formula is C25H22FN5O2. The first-order valence-corrected chi connectivity index (χ1v) is 11.1. The maximum atomic E-state index is 13.7. The van der Waals surface area contributed by atoms with Gasteiger partial charge in [0.05, 0.1) is 5.52 Å². The molecule has 5 heterocycles. The van der Waals surface area contributed by atoms with E-state index in [0.29, 0.717) is 34.5 Å². The second-order valence-electron chi connectivity index (χ2n) is 8.46. The molecule has 1 aromatic carbocycles. The van der Waals surface area contributed by atoms with Crippen LogP contribution in [0.15, 0.2) is 64.1 Å². The fourth-order valence-corrected chi connectivity index (χ4v) is 4.72. The first-order chi connectivity index (χ1) is 16.2. The molecule has 1 aliphatic rings. The monoisotopic (exact) mass is 443 g/mol. The van der Waals surface area contributed by atoms with Crippen molar-refractivity contribution in [3.05, 3.63) is 76.8 Å². The van der Waals surface area contributed by atoms with Crippen LogP contribution in [0.1, 0.15) is 18.5 Å². The third-order valence-corrected chi connectivity index (χ3v) is 6.40. The van der Waals surface area contributed by atoms with E-state index in [1.807, 2.05) is 24.4 Å². The number of pyridine rings is 2. The number of aromatic nitrogens is 3. The molecule has 5 aromatic rings. The highest BCUT2D eigenvalue weighted by atomic mass is 19.1. The maximum Gasteiger partial charge on any atom is 0.360 e. The predicted molar refractivity (Wildman–Crippen MR) is 126 cm³/mol. The van der Waals surface area contributed by atoms with Gasteiger partial charge in [0, 0.05) is 59.9 Å². The summed E-state index contributed by atoms with van der Waals surface area (Å²) in [5.41, 5.74) is 2.14. The zero-order chi connectivity index (χ0) is 22.4. The predicted octanol–water partition coefficient (Wildman–Crippen LogP) is 4.12. The number of rotatable bonds is 4. The lowest BCUT2D eigenvalue weighted by atomic mass is 10.0. The van der Waals surface area contributed by atoms with Gasteiger partial charge in [-0.05, 0) is 55.3 Å². The van der Waals surface area contributed by atoms with E-state index >= 15 is 0 Å². The molecule has 166 valence electrons. The van der Waals surface area contributed by atoms with Crippen LogP contribution in [0.2, 0.25) is 0 Å². The highest BCUT2D eigenvalue weighted by Gasteiger charge is 2.21. The molecule has 6 rings (SSSR count). The molecule has 0 spiro atoms. The molecule has 0 unspecified atom stereocenters. The zero-order valence-corrected chi connectivity index (χ0v) is 17.8. The number of hydrogen-bond acceptors (Lipinski definition) is 6. The summed E-state index contributed by atoms with van der Waals surface area (Å²) in [5, 5.41) is 5.94. The van der Waals surface area contributed by atoms with Crippen molar-refractivity contribution in [2.75, 3.05) is 18.0 Å². The normalized spacial score (nSPS) is 15.1. The molecule has 0 amide bonds. The smallest absolute Gasteiger partial charge is 0.360 e. The van der Waals surface area contributed by atoms with Crippen LogP contribution in [0.5, 0.6) is 0 Å². The van der Waals surface area contributed by atoms with E-state index in [9.17, 15) is 9.18 Å². The molecule has 0 atom stereocenters. The molecule has 1 saturated heterocycles. The molecular weight excluding hydrogens is 421 g/mol. The number of H-pyrrole nitrogens is 1. The number of hydrogen-bond donors (Lipinski definition) is 2. The first kappa shape index (κ1) is 19.9. The van der Waals surface area contributed by atoms with E-state index in [-0.39, 0.29) is 5.82 Å². The largest absolute Gasteiger partial charge is 0.421 e. The third kappa shape index (κ3) is 3.62. The highest BCUT2D eigenvalue weighted by Crippen LogP contribution is 2.27. The summed E-state index contributed by atoms with van der Waals surface area (Å²) in [4.78, 5) is 26.8. The van der Waals surface area contributed by atoms with Crippen LogP contribution < -0.4 is 15.8 Å². The van der Waals surface area contributed by atoms with Crippen molar-refractivity contribution in [3.8, 4) is 0 Å². The van der Waals surface area contributed by atoms with Crippen molar-refractivity contribution in [1.29, 1.82) is 0 Å². The topological polar surface area (TPSA) is 87.1 Å². The molecule has 4 aromatic heterocycles. The van der Waals surface area contributed by atoms with Crippen molar-refractivity contribution in [1.82, 2.24) is 20.3 Å². The van der Waals surface area contributed by atoms with Crippen molar-refractivity contribution >= 4 is 38.6 Å². The SMILES string of the molecule is O=c1oc2ccc(F)cc2c2cc(CNC3CCN(c4nccc5ncccc45)CC3)[nH]c12. The zero-order valence-electron chi connectivity index (χ0n) is 17.8. The summed E-state index contributed by atoms with van der Waals surface area (Å²) in [6.07, 6.45) is 5.58. The number of nitrogens with one attached hydrogen (secondary N) is 2. The van der Waals surface area contributed by atoms with Crippen molar-refractivity contribution in [2.24, 2.45) is 0 Å². The fourth-order valence-electron chi connectivity index (χ4n) is 4.72. The quantitative estimate of drug-likeness (QED) is 0.407. The molecule has 7 nitrogen and oxygen atoms in total. The van der Waals surface area contributed by atoms with Crippen LogP contribution >= 0.6 is 0 Å². The van der Waals surface area contributed by atoms with Gasteiger partial charge in [-0.15, -0.1) is 0 Å². The minimum atomic E-state index is -0.444. The van der Waals surface area contributed by atoms with Crippen LogP contribution in [-0.2, 0) is 6.54 Å². The van der Waals surface area contributed by atoms with E-state index < -0.39 is 5.63 Å². The second kappa shape index (κ2) is 7.97. The maximum absolute atomic E-state index is 13.7. The molecule has 0 saturated carbocycles. The second-order valence-corrected chi connectivity index (χ2v) is 8.46. The lowest BCUT2D eigenvalue weighted by Gasteiger charge is -2.33. The average molecular weight is 443 g/mol. The molecule has 0 aliphatic carbocycles. The fraction of sp³-hybridized carbons (Fsp3) is 0.240. The summed E-state index contributed by atoms with van der Waals surface area (Å²) in [5.74, 6) is 0.627. The summed E-state index contributed by atoms with van der Waals surface area (Å²) in [6, 6.07) is 12.4. The summed E-state index contributed by atoms with van der Waals surface area (Å²) in [6.45, 7) is 2.39. The Morgan fingerprint density at radius 1 is 1.06 bits per heavy atom. The van der Waals surface area contributed by atoms with E-state index in [1.165, 1.54) is 18.2 Å². The van der Waals surface area contributed by atoms with Gasteiger partial charge in [0.15, 0.2) is 0 Å². The van der Waals surface area contributed by atoms with Crippen LogP contribution in [0.25, 0.3) is 32.8 Å². The Bertz CT molecular complexity index is 1530. The van der Waals surface area contributed by atoms with Crippen LogP contribution in [-0.4, -0.2) is 34.1 Å². The Labute approximate surface area is 188 Å². The standard InChI is InChI=1S/C25H22FN5O2/c26-15-3-4-22-19(12-15)20-13-17(30-23(20)25(32)33-22)14-29-16-6-10-31(11-7-16)24-18-2-1-8-27-21(18)5-9-28-24/h1-5,8-9,12-13,16,29-30H,6-7,10-11,14H2. The number of nitrogens with zero attached hydrogens (tertiary/aromatic N) is 3. The van der Waals surface area contributed by atoms with Crippen LogP contribution in [0, 0.1) is 5.82 Å². The minimum absolute atomic E-state index is 0.353. The van der Waals surface area contributed by atoms with Gasteiger partial charge in [-0.25, -0.2) is 14.2 Å². The highest BCUT2D eigenvalue weighted by molar-refractivity contribution is 6.03. The Morgan fingerprint density at radius 2 is 1.94 bits per heavy atom. The molecule has 0 bridgehead atoms. The average Bonchev–Trinajstić information content (AvgIpc) is 3.29. The number of halogens is 1. The molecule has 1 fully saturated rings. The van der Waals surface area contributed by atoms with E-state index in [0.717, 1.165) is 48.3 Å². The lowest BCUT2D eigenvalue weighted by Crippen LogP contribution is -2.42. The number of anilines is 1. The number of fused-ring (bicyclic) bond motifs is 4. The first-order valence-electron chi connectivity index (χ1n) is 11.1. The minimum Gasteiger partial charge on any atom is -0.421 e. The Hall–Kier alpha value is -3.78. The third-order valence-electron chi connectivity index (χ3n) is 6.40. The van der Waals surface area contributed by atoms with Gasteiger partial charge in [-0.1, -0.05) is 0 Å². The van der Waals surface area contributed by atoms with Crippen molar-refractivity contribution in [2.45, 2.75) is 25.4 Å². The number of benzene rings is 1. The van der Waals surface area contributed by atoms with Crippen LogP contribution in [0.3, 0.4) is 0 Å². The molecule has 2 N–H and O–H groups in total. The van der Waals surface area contributed by atoms with E-state index in [2.05, 4.69) is 31.2 Å². The molecule has 1 aliphatic heterocycles. The number of piperidine rings is 1. The van der Waals surface area contributed by atoms with Gasteiger partial charge in [0.2, 0.25) is 0 Å². The van der Waals surface area contributed by atoms with Gasteiger partial charge in [-0.3, -0.25) is 4.98 Å². The summed E-state index contributed by atoms with van der Waals surface area (Å²) in [7, 11) is 0. The lowest BCUT2D eigenvalue weighted by molar-refractivity contribution is 0.411. The Morgan fingerprint density at radius 3 is 2.82 bits per heavy atom. The molecule has 0 radical (unpaired) electrons. The molecule has 8 heteroatoms. The molecule has 33 heavy (non-hydrogen) atoms. The van der Waals surface area contributed by atoms with Gasteiger partial charge in [-0.2, -0.15) is 0 Å². The summed E-state index contributed by atoms with van der Waals surface area (Å²) >= 11 is 0.